The highest BCUT2D eigenvalue weighted by Gasteiger charge is 2.29. The van der Waals surface area contributed by atoms with Gasteiger partial charge in [0.15, 0.2) is 0 Å². The lowest BCUT2D eigenvalue weighted by molar-refractivity contribution is 0.0540. The lowest BCUT2D eigenvalue weighted by atomic mass is 9.78. The van der Waals surface area contributed by atoms with E-state index in [1.165, 1.54) is 121 Å². The van der Waals surface area contributed by atoms with E-state index in [1.807, 2.05) is 38.1 Å². The normalized spacial score (nSPS) is 10.0. The number of hydrogen-bond acceptors (Lipinski definition) is 16. The second kappa shape index (κ2) is 52.3. The van der Waals surface area contributed by atoms with Crippen molar-refractivity contribution in [2.75, 3.05) is 39.6 Å². The van der Waals surface area contributed by atoms with Gasteiger partial charge in [0.05, 0.1) is 93.5 Å². The topological polar surface area (TPSA) is 313 Å². The molecule has 596 valence electrons. The monoisotopic (exact) mass is 2040 g/mol. The highest BCUT2D eigenvalue weighted by Crippen LogP contribution is 2.46. The van der Waals surface area contributed by atoms with Gasteiger partial charge in [-0.05, 0) is 291 Å². The fourth-order valence-electron chi connectivity index (χ4n) is 8.64. The van der Waals surface area contributed by atoms with E-state index in [9.17, 15) is 48.6 Å². The van der Waals surface area contributed by atoms with Gasteiger partial charge in [0.1, 0.15) is 49.4 Å². The molecule has 6 N–H and O–H groups in total. The van der Waals surface area contributed by atoms with Gasteiger partial charge in [-0.25, -0.2) is 38.4 Å². The number of esters is 4. The number of hydrogen-bond donors (Lipinski definition) is 6. The minimum Gasteiger partial charge on any atom is -0.506 e. The van der Waals surface area contributed by atoms with Crippen LogP contribution in [0.5, 0.6) is 23.0 Å². The molecule has 0 fully saturated rings. The van der Waals surface area contributed by atoms with Crippen molar-refractivity contribution in [1.82, 2.24) is 0 Å². The second-order valence-electron chi connectivity index (χ2n) is 23.1. The molecule has 0 aliphatic heterocycles. The zero-order valence-corrected chi connectivity index (χ0v) is 74.8. The number of rotatable bonds is 25. The van der Waals surface area contributed by atoms with Crippen molar-refractivity contribution >= 4 is 175 Å². The molecule has 28 heteroatoms. The van der Waals surface area contributed by atoms with E-state index in [1.54, 1.807) is 6.08 Å². The van der Waals surface area contributed by atoms with Crippen molar-refractivity contribution in [3.8, 4) is 23.0 Å². The molecule has 0 aliphatic rings. The van der Waals surface area contributed by atoms with Crippen LogP contribution in [-0.4, -0.2) is 118 Å². The summed E-state index contributed by atoms with van der Waals surface area (Å²) >= 11 is 28.1. The molecule has 112 heavy (non-hydrogen) atoms. The molecule has 0 amide bonds. The lowest BCUT2D eigenvalue weighted by Gasteiger charge is -2.28. The first kappa shape index (κ1) is 101. The smallest absolute Gasteiger partial charge is 0.338 e. The number of allylic oxidation sites excluding steroid dienone is 1. The number of benzene rings is 8. The maximum absolute atomic E-state index is 11.3. The Morgan fingerprint density at radius 2 is 0.554 bits per heavy atom. The van der Waals surface area contributed by atoms with E-state index in [0.29, 0.717) is 31.1 Å². The van der Waals surface area contributed by atoms with Crippen LogP contribution in [0.2, 0.25) is 0 Å². The molecule has 0 bridgehead atoms. The average molecular weight is 2050 g/mol. The van der Waals surface area contributed by atoms with Gasteiger partial charge in [-0.15, -0.1) is 19.7 Å². The van der Waals surface area contributed by atoms with Gasteiger partial charge in [0, 0.05) is 10.8 Å². The highest BCUT2D eigenvalue weighted by atomic mass is 79.9. The van der Waals surface area contributed by atoms with Crippen LogP contribution in [0.3, 0.4) is 0 Å². The van der Waals surface area contributed by atoms with Crippen LogP contribution in [0.25, 0.3) is 0 Å². The Morgan fingerprint density at radius 1 is 0.357 bits per heavy atom. The zero-order valence-electron chi connectivity index (χ0n) is 62.1. The van der Waals surface area contributed by atoms with Crippen LogP contribution in [0.15, 0.2) is 258 Å². The zero-order chi connectivity index (χ0) is 85.2. The quantitative estimate of drug-likeness (QED) is 0.0176. The number of carbonyl (C=O) groups excluding carboxylic acids is 4. The first-order valence-corrected chi connectivity index (χ1v) is 39.4. The molecule has 0 spiro atoms. The molecule has 0 saturated heterocycles. The number of carboxylic acid groups (broad SMARTS) is 4. The number of phenols is 2. The van der Waals surface area contributed by atoms with Crippen molar-refractivity contribution in [2.45, 2.75) is 65.7 Å². The van der Waals surface area contributed by atoms with Crippen LogP contribution in [0, 0.1) is 0 Å². The lowest BCUT2D eigenvalue weighted by Crippen LogP contribution is -2.19. The molecule has 8 aromatic rings. The van der Waals surface area contributed by atoms with E-state index in [4.69, 9.17) is 48.8 Å². The Labute approximate surface area is 719 Å². The number of carboxylic acids is 4. The third kappa shape index (κ3) is 33.4. The van der Waals surface area contributed by atoms with E-state index in [-0.39, 0.29) is 93.3 Å². The van der Waals surface area contributed by atoms with Gasteiger partial charge in [-0.2, -0.15) is 0 Å². The van der Waals surface area contributed by atoms with E-state index >= 15 is 0 Å². The van der Waals surface area contributed by atoms with Crippen LogP contribution < -0.4 is 9.47 Å². The van der Waals surface area contributed by atoms with Crippen molar-refractivity contribution in [3.05, 3.63) is 325 Å². The Morgan fingerprint density at radius 3 is 0.741 bits per heavy atom. The summed E-state index contributed by atoms with van der Waals surface area (Å²) in [5, 5.41) is 54.7. The van der Waals surface area contributed by atoms with Gasteiger partial charge in [0.2, 0.25) is 0 Å². The Balaban J connectivity index is 0.000000672. The molecule has 0 atom stereocenters. The molecule has 0 aliphatic carbocycles. The van der Waals surface area contributed by atoms with Crippen molar-refractivity contribution in [3.63, 3.8) is 0 Å². The Kier molecular flexibility index (Phi) is 47.2. The summed E-state index contributed by atoms with van der Waals surface area (Å²) in [6.07, 6.45) is 8.48. The molecule has 0 radical (unpaired) electrons. The maximum atomic E-state index is 11.3. The SMILES string of the molecule is C=C.C=CC.C=CCOC(=O)c1cccc(C(=O)O)c1.C=CCOC(=O)c1cccc(C(=O)O)c1.C=CCOC(=O)c1cccc(C(=O)O)c1.C=CCOC(=O)c1cccc(C(=O)O)c1.CCCOc1c(Br)cc(C(C)(C)c2cc(Br)c(O)c(Br)c2)cc1Br.CCOc1c(Br)cc(C(C)(C)c2cc(Br)c(O)c(Br)c2)cc1Br. The van der Waals surface area contributed by atoms with E-state index in [2.05, 4.69) is 232 Å². The summed E-state index contributed by atoms with van der Waals surface area (Å²) in [6, 6.07) is 38.8. The van der Waals surface area contributed by atoms with Crippen LogP contribution in [0.4, 0.5) is 0 Å². The van der Waals surface area contributed by atoms with Gasteiger partial charge < -0.3 is 59.1 Å². The van der Waals surface area contributed by atoms with Crippen molar-refractivity contribution in [1.29, 1.82) is 0 Å². The molecular weight excluding hydrogens is 1970 g/mol. The number of phenolic OH excluding ortho intramolecular Hbond substituents is 2. The molecule has 8 aromatic carbocycles. The standard InChI is InChI=1S/C18H18Br4O2.C17H16Br4O2.4C11H10O4.C3H6.C2H4/c1-4-5-24-17-14(21)8-11(9-15(17)22)18(2,3)10-6-12(19)16(23)13(20)7-10;1-4-23-16-13(20)7-10(8-14(16)21)17(2,3)9-5-11(18)15(22)12(19)6-9;4*1-2-6-15-11(14)9-5-3-4-8(7-9)10(12)13;1-3-2;1-2/h6-9,23H,4-5H2,1-3H3;5-8,22H,4H2,1-3H3;4*2-5,7H,1,6H2,(H,12,13);3H,1H2,2H3;1-2H2. The number of carbonyl (C=O) groups is 8. The summed E-state index contributed by atoms with van der Waals surface area (Å²) in [5.41, 5.74) is 5.02. The third-order valence-electron chi connectivity index (χ3n) is 14.4. The second-order valence-corrected chi connectivity index (χ2v) is 30.0. The summed E-state index contributed by atoms with van der Waals surface area (Å²) in [7, 11) is 0. The summed E-state index contributed by atoms with van der Waals surface area (Å²) in [4.78, 5) is 87.7. The first-order chi connectivity index (χ1) is 52.9. The van der Waals surface area contributed by atoms with Gasteiger partial charge in [-0.1, -0.05) is 116 Å². The van der Waals surface area contributed by atoms with E-state index in [0.717, 1.165) is 58.1 Å². The van der Waals surface area contributed by atoms with Gasteiger partial charge >= 0.3 is 47.8 Å². The predicted molar refractivity (Wildman–Crippen MR) is 465 cm³/mol. The molecular formula is C84H84Br8O20. The maximum Gasteiger partial charge on any atom is 0.338 e. The summed E-state index contributed by atoms with van der Waals surface area (Å²) < 4.78 is 36.8. The largest absolute Gasteiger partial charge is 0.506 e. The fourth-order valence-corrected chi connectivity index (χ4v) is 13.8. The molecule has 0 aromatic heterocycles. The predicted octanol–water partition coefficient (Wildman–Crippen LogP) is 23.6. The molecule has 20 nitrogen and oxygen atoms in total. The minimum absolute atomic E-state index is 0.0584. The molecule has 8 rings (SSSR count). The number of halogens is 8. The molecule has 0 saturated carbocycles. The first-order valence-electron chi connectivity index (χ1n) is 33.0. The Hall–Kier alpha value is -9.00. The summed E-state index contributed by atoms with van der Waals surface area (Å²) in [5.74, 6) is -4.49. The van der Waals surface area contributed by atoms with Crippen LogP contribution in [0.1, 0.15) is 160 Å². The highest BCUT2D eigenvalue weighted by molar-refractivity contribution is 9.12. The minimum atomic E-state index is -1.08. The van der Waals surface area contributed by atoms with Crippen molar-refractivity contribution < 1.29 is 97.4 Å². The molecule has 0 unspecified atom stereocenters. The number of ether oxygens (including phenoxy) is 6. The third-order valence-corrected chi connectivity index (χ3v) is 19.1. The fraction of sp³-hybridized carbons (Fsp3) is 0.190. The van der Waals surface area contributed by atoms with Crippen LogP contribution >= 0.6 is 127 Å². The van der Waals surface area contributed by atoms with Crippen molar-refractivity contribution in [2.24, 2.45) is 0 Å². The number of aromatic carboxylic acids is 4. The average Bonchev–Trinajstić information content (AvgIpc) is 0.780. The van der Waals surface area contributed by atoms with Gasteiger partial charge in [-0.3, -0.25) is 0 Å². The van der Waals surface area contributed by atoms with Crippen LogP contribution in [-0.2, 0) is 29.8 Å². The summed E-state index contributed by atoms with van der Waals surface area (Å²) in [6.45, 7) is 39.2. The van der Waals surface area contributed by atoms with Gasteiger partial charge in [0.25, 0.3) is 0 Å². The van der Waals surface area contributed by atoms with E-state index < -0.39 is 47.8 Å². The number of aromatic hydroxyl groups is 2. The molecule has 0 heterocycles. The Bertz CT molecular complexity index is 4210.